The van der Waals surface area contributed by atoms with Gasteiger partial charge in [-0.2, -0.15) is 0 Å². The molecule has 0 unspecified atom stereocenters. The number of benzene rings is 1. The number of aryl methyl sites for hydroxylation is 1. The lowest BCUT2D eigenvalue weighted by Crippen LogP contribution is -2.29. The van der Waals surface area contributed by atoms with Crippen LogP contribution in [0.2, 0.25) is 0 Å². The van der Waals surface area contributed by atoms with Crippen molar-refractivity contribution in [2.24, 2.45) is 0 Å². The molecule has 0 radical (unpaired) electrons. The molecule has 0 saturated carbocycles. The summed E-state index contributed by atoms with van der Waals surface area (Å²) in [7, 11) is 0. The molecule has 0 fully saturated rings. The van der Waals surface area contributed by atoms with Gasteiger partial charge < -0.3 is 9.64 Å². The van der Waals surface area contributed by atoms with E-state index >= 15 is 0 Å². The van der Waals surface area contributed by atoms with Crippen molar-refractivity contribution in [3.63, 3.8) is 0 Å². The van der Waals surface area contributed by atoms with Crippen LogP contribution >= 0.6 is 0 Å². The molecule has 3 nitrogen and oxygen atoms in total. The molecule has 0 N–H and O–H groups in total. The maximum Gasteiger partial charge on any atom is 0.143 e. The van der Waals surface area contributed by atoms with E-state index in [1.165, 1.54) is 5.56 Å². The van der Waals surface area contributed by atoms with Crippen molar-refractivity contribution in [3.05, 3.63) is 48.3 Å². The van der Waals surface area contributed by atoms with Crippen LogP contribution in [0.1, 0.15) is 5.56 Å². The highest BCUT2D eigenvalue weighted by molar-refractivity contribution is 5.71. The Hall–Kier alpha value is -2.03. The second-order valence-corrected chi connectivity index (χ2v) is 4.13. The zero-order valence-corrected chi connectivity index (χ0v) is 9.76. The fraction of sp³-hybridized carbons (Fsp3) is 0.214. The van der Waals surface area contributed by atoms with Gasteiger partial charge in [-0.25, -0.2) is 0 Å². The molecule has 86 valence electrons. The summed E-state index contributed by atoms with van der Waals surface area (Å²) in [6.45, 7) is 3.68. The maximum atomic E-state index is 5.65. The molecule has 0 amide bonds. The van der Waals surface area contributed by atoms with Crippen LogP contribution in [-0.4, -0.2) is 18.1 Å². The van der Waals surface area contributed by atoms with E-state index in [1.54, 1.807) is 0 Å². The summed E-state index contributed by atoms with van der Waals surface area (Å²) in [4.78, 5) is 6.48. The summed E-state index contributed by atoms with van der Waals surface area (Å²) in [5, 5.41) is 0. The third-order valence-corrected chi connectivity index (χ3v) is 3.03. The molecule has 1 aliphatic heterocycles. The third kappa shape index (κ3) is 1.73. The second-order valence-electron chi connectivity index (χ2n) is 4.13. The highest BCUT2D eigenvalue weighted by Gasteiger charge is 2.19. The van der Waals surface area contributed by atoms with E-state index in [2.05, 4.69) is 22.9 Å². The van der Waals surface area contributed by atoms with Gasteiger partial charge in [0.2, 0.25) is 0 Å². The number of pyridine rings is 1. The van der Waals surface area contributed by atoms with Crippen LogP contribution in [-0.2, 0) is 0 Å². The zero-order valence-electron chi connectivity index (χ0n) is 9.76. The number of fused-ring (bicyclic) bond motifs is 1. The molecule has 1 aliphatic rings. The Morgan fingerprint density at radius 3 is 2.94 bits per heavy atom. The molecule has 0 spiro atoms. The lowest BCUT2D eigenvalue weighted by atomic mass is 10.1. The minimum Gasteiger partial charge on any atom is -0.490 e. The molecule has 17 heavy (non-hydrogen) atoms. The molecule has 3 heteroatoms. The van der Waals surface area contributed by atoms with Gasteiger partial charge in [0, 0.05) is 6.20 Å². The Morgan fingerprint density at radius 2 is 2.06 bits per heavy atom. The summed E-state index contributed by atoms with van der Waals surface area (Å²) in [6, 6.07) is 10.2. The molecular formula is C14H14N2O. The molecule has 1 aromatic heterocycles. The molecule has 0 saturated heterocycles. The fourth-order valence-corrected chi connectivity index (χ4v) is 2.16. The van der Waals surface area contributed by atoms with Crippen LogP contribution in [0.25, 0.3) is 0 Å². The average molecular weight is 226 g/mol. The normalized spacial score (nSPS) is 14.1. The standard InChI is InChI=1S/C14H14N2O/c1-11-6-7-15-10-13(11)16-8-9-17-14-5-3-2-4-12(14)16/h2-7,10H,8-9H2,1H3. The van der Waals surface area contributed by atoms with E-state index in [9.17, 15) is 0 Å². The molecule has 3 rings (SSSR count). The topological polar surface area (TPSA) is 25.4 Å². The summed E-state index contributed by atoms with van der Waals surface area (Å²) >= 11 is 0. The van der Waals surface area contributed by atoms with Crippen LogP contribution in [0.5, 0.6) is 5.75 Å². The van der Waals surface area contributed by atoms with Crippen LogP contribution in [0, 0.1) is 6.92 Å². The van der Waals surface area contributed by atoms with Gasteiger partial charge in [-0.05, 0) is 30.7 Å². The number of para-hydroxylation sites is 2. The van der Waals surface area contributed by atoms with Crippen LogP contribution in [0.4, 0.5) is 11.4 Å². The first-order chi connectivity index (χ1) is 8.36. The molecule has 0 bridgehead atoms. The van der Waals surface area contributed by atoms with E-state index < -0.39 is 0 Å². The van der Waals surface area contributed by atoms with Gasteiger partial charge in [0.1, 0.15) is 12.4 Å². The predicted molar refractivity (Wildman–Crippen MR) is 67.9 cm³/mol. The number of hydrogen-bond acceptors (Lipinski definition) is 3. The van der Waals surface area contributed by atoms with Crippen molar-refractivity contribution in [1.82, 2.24) is 4.98 Å². The maximum absolute atomic E-state index is 5.65. The van der Waals surface area contributed by atoms with Crippen molar-refractivity contribution in [3.8, 4) is 5.75 Å². The summed E-state index contributed by atoms with van der Waals surface area (Å²) in [6.07, 6.45) is 3.74. The van der Waals surface area contributed by atoms with Gasteiger partial charge in [0.15, 0.2) is 0 Å². The third-order valence-electron chi connectivity index (χ3n) is 3.03. The van der Waals surface area contributed by atoms with Gasteiger partial charge in [-0.3, -0.25) is 4.98 Å². The minimum absolute atomic E-state index is 0.714. The Kier molecular flexibility index (Phi) is 2.44. The Morgan fingerprint density at radius 1 is 1.18 bits per heavy atom. The second kappa shape index (κ2) is 4.09. The molecule has 1 aromatic carbocycles. The number of aromatic nitrogens is 1. The summed E-state index contributed by atoms with van der Waals surface area (Å²) in [5.41, 5.74) is 3.51. The van der Waals surface area contributed by atoms with Crippen molar-refractivity contribution in [1.29, 1.82) is 0 Å². The van der Waals surface area contributed by atoms with Crippen LogP contribution in [0.3, 0.4) is 0 Å². The smallest absolute Gasteiger partial charge is 0.143 e. The lowest BCUT2D eigenvalue weighted by molar-refractivity contribution is 0.314. The van der Waals surface area contributed by atoms with Gasteiger partial charge in [0.05, 0.1) is 24.1 Å². The van der Waals surface area contributed by atoms with E-state index in [4.69, 9.17) is 4.74 Å². The van der Waals surface area contributed by atoms with Gasteiger partial charge >= 0.3 is 0 Å². The van der Waals surface area contributed by atoms with E-state index in [-0.39, 0.29) is 0 Å². The predicted octanol–water partition coefficient (Wildman–Crippen LogP) is 2.92. The van der Waals surface area contributed by atoms with Crippen LogP contribution < -0.4 is 9.64 Å². The average Bonchev–Trinajstić information content (AvgIpc) is 2.39. The zero-order chi connectivity index (χ0) is 11.7. The number of anilines is 2. The monoisotopic (exact) mass is 226 g/mol. The molecule has 0 atom stereocenters. The van der Waals surface area contributed by atoms with Gasteiger partial charge in [0.25, 0.3) is 0 Å². The first kappa shape index (κ1) is 10.1. The molecule has 2 aromatic rings. The minimum atomic E-state index is 0.714. The van der Waals surface area contributed by atoms with Gasteiger partial charge in [-0.1, -0.05) is 12.1 Å². The lowest BCUT2D eigenvalue weighted by Gasteiger charge is -2.31. The molecular weight excluding hydrogens is 212 g/mol. The SMILES string of the molecule is Cc1ccncc1N1CCOc2ccccc21. The van der Waals surface area contributed by atoms with Crippen molar-refractivity contribution in [2.45, 2.75) is 6.92 Å². The van der Waals surface area contributed by atoms with E-state index in [1.807, 2.05) is 36.7 Å². The number of rotatable bonds is 1. The van der Waals surface area contributed by atoms with E-state index in [0.717, 1.165) is 23.7 Å². The number of nitrogens with zero attached hydrogens (tertiary/aromatic N) is 2. The Bertz CT molecular complexity index is 539. The number of ether oxygens (including phenoxy) is 1. The highest BCUT2D eigenvalue weighted by Crippen LogP contribution is 2.36. The molecule has 0 aliphatic carbocycles. The quantitative estimate of drug-likeness (QED) is 0.747. The van der Waals surface area contributed by atoms with Crippen molar-refractivity contribution in [2.75, 3.05) is 18.1 Å². The highest BCUT2D eigenvalue weighted by atomic mass is 16.5. The summed E-state index contributed by atoms with van der Waals surface area (Å²) in [5.74, 6) is 0.946. The fourth-order valence-electron chi connectivity index (χ4n) is 2.16. The van der Waals surface area contributed by atoms with Crippen LogP contribution in [0.15, 0.2) is 42.7 Å². The number of hydrogen-bond donors (Lipinski definition) is 0. The van der Waals surface area contributed by atoms with Crippen molar-refractivity contribution >= 4 is 11.4 Å². The first-order valence-corrected chi connectivity index (χ1v) is 5.76. The van der Waals surface area contributed by atoms with Crippen molar-refractivity contribution < 1.29 is 4.74 Å². The first-order valence-electron chi connectivity index (χ1n) is 5.76. The molecule has 2 heterocycles. The Labute approximate surface area is 101 Å². The van der Waals surface area contributed by atoms with E-state index in [0.29, 0.717) is 6.61 Å². The Balaban J connectivity index is 2.09. The largest absolute Gasteiger partial charge is 0.490 e. The summed E-state index contributed by atoms with van der Waals surface area (Å²) < 4.78 is 5.65. The van der Waals surface area contributed by atoms with Gasteiger partial charge in [-0.15, -0.1) is 0 Å².